The second-order valence-electron chi connectivity index (χ2n) is 6.49. The SMILES string of the molecule is Cc1c(NC(=O)c2cc3ccccc3[nH]c2=O)cnn1C1CCOCC1. The monoisotopic (exact) mass is 352 g/mol. The van der Waals surface area contributed by atoms with Gasteiger partial charge in [0.15, 0.2) is 0 Å². The summed E-state index contributed by atoms with van der Waals surface area (Å²) in [6.45, 7) is 3.36. The molecule has 3 heterocycles. The number of hydrogen-bond donors (Lipinski definition) is 2. The third-order valence-corrected chi connectivity index (χ3v) is 4.83. The number of anilines is 1. The molecule has 1 saturated heterocycles. The van der Waals surface area contributed by atoms with E-state index in [-0.39, 0.29) is 11.6 Å². The Balaban J connectivity index is 1.60. The Labute approximate surface area is 150 Å². The molecule has 1 fully saturated rings. The van der Waals surface area contributed by atoms with Crippen LogP contribution < -0.4 is 10.9 Å². The summed E-state index contributed by atoms with van der Waals surface area (Å²) in [4.78, 5) is 27.6. The van der Waals surface area contributed by atoms with Crippen molar-refractivity contribution < 1.29 is 9.53 Å². The number of carbonyl (C=O) groups excluding carboxylic acids is 1. The summed E-state index contributed by atoms with van der Waals surface area (Å²) in [5.74, 6) is -0.438. The van der Waals surface area contributed by atoms with Gasteiger partial charge in [0.25, 0.3) is 11.5 Å². The Morgan fingerprint density at radius 1 is 1.31 bits per heavy atom. The average molecular weight is 352 g/mol. The number of H-pyrrole nitrogens is 1. The quantitative estimate of drug-likeness (QED) is 0.758. The van der Waals surface area contributed by atoms with Crippen LogP contribution >= 0.6 is 0 Å². The zero-order chi connectivity index (χ0) is 18.1. The molecule has 3 aromatic rings. The number of nitrogens with one attached hydrogen (secondary N) is 2. The number of fused-ring (bicyclic) bond motifs is 1. The first-order valence-electron chi connectivity index (χ1n) is 8.69. The minimum Gasteiger partial charge on any atom is -0.381 e. The van der Waals surface area contributed by atoms with Crippen LogP contribution in [0.2, 0.25) is 0 Å². The van der Waals surface area contributed by atoms with Crippen molar-refractivity contribution in [1.82, 2.24) is 14.8 Å². The molecule has 0 atom stereocenters. The first-order chi connectivity index (χ1) is 12.6. The van der Waals surface area contributed by atoms with Gasteiger partial charge in [0, 0.05) is 18.7 Å². The smallest absolute Gasteiger partial charge is 0.261 e. The van der Waals surface area contributed by atoms with E-state index in [4.69, 9.17) is 4.74 Å². The zero-order valence-corrected chi connectivity index (χ0v) is 14.5. The van der Waals surface area contributed by atoms with Gasteiger partial charge in [-0.05, 0) is 37.3 Å². The first-order valence-corrected chi connectivity index (χ1v) is 8.69. The minimum absolute atomic E-state index is 0.0851. The van der Waals surface area contributed by atoms with E-state index in [1.54, 1.807) is 18.3 Å². The Kier molecular flexibility index (Phi) is 4.30. The number of pyridine rings is 1. The predicted octanol–water partition coefficient (Wildman–Crippen LogP) is 2.64. The van der Waals surface area contributed by atoms with E-state index in [0.717, 1.165) is 37.1 Å². The number of aromatic nitrogens is 3. The maximum Gasteiger partial charge on any atom is 0.261 e. The second kappa shape index (κ2) is 6.76. The number of rotatable bonds is 3. The van der Waals surface area contributed by atoms with Gasteiger partial charge in [-0.3, -0.25) is 14.3 Å². The van der Waals surface area contributed by atoms with Crippen molar-refractivity contribution in [2.75, 3.05) is 18.5 Å². The van der Waals surface area contributed by atoms with Crippen LogP contribution in [0.5, 0.6) is 0 Å². The molecule has 7 heteroatoms. The molecule has 0 radical (unpaired) electrons. The maximum absolute atomic E-state index is 12.6. The summed E-state index contributed by atoms with van der Waals surface area (Å²) in [7, 11) is 0. The number of benzene rings is 1. The summed E-state index contributed by atoms with van der Waals surface area (Å²) >= 11 is 0. The number of aromatic amines is 1. The Hall–Kier alpha value is -2.93. The van der Waals surface area contributed by atoms with Crippen molar-refractivity contribution in [3.8, 4) is 0 Å². The van der Waals surface area contributed by atoms with Gasteiger partial charge in [-0.2, -0.15) is 5.10 Å². The van der Waals surface area contributed by atoms with Crippen LogP contribution in [-0.2, 0) is 4.74 Å². The second-order valence-corrected chi connectivity index (χ2v) is 6.49. The van der Waals surface area contributed by atoms with Gasteiger partial charge < -0.3 is 15.0 Å². The zero-order valence-electron chi connectivity index (χ0n) is 14.5. The highest BCUT2D eigenvalue weighted by molar-refractivity contribution is 6.05. The highest BCUT2D eigenvalue weighted by atomic mass is 16.5. The molecule has 1 aliphatic heterocycles. The van der Waals surface area contributed by atoms with E-state index in [9.17, 15) is 9.59 Å². The van der Waals surface area contributed by atoms with Crippen molar-refractivity contribution in [3.63, 3.8) is 0 Å². The van der Waals surface area contributed by atoms with Gasteiger partial charge in [-0.1, -0.05) is 18.2 Å². The van der Waals surface area contributed by atoms with Crippen molar-refractivity contribution in [2.45, 2.75) is 25.8 Å². The molecule has 0 unspecified atom stereocenters. The lowest BCUT2D eigenvalue weighted by atomic mass is 10.1. The van der Waals surface area contributed by atoms with Crippen molar-refractivity contribution in [2.24, 2.45) is 0 Å². The van der Waals surface area contributed by atoms with Crippen LogP contribution in [0.25, 0.3) is 10.9 Å². The lowest BCUT2D eigenvalue weighted by Gasteiger charge is -2.23. The Bertz CT molecular complexity index is 1020. The van der Waals surface area contributed by atoms with E-state index >= 15 is 0 Å². The molecule has 4 rings (SSSR count). The van der Waals surface area contributed by atoms with E-state index < -0.39 is 11.5 Å². The van der Waals surface area contributed by atoms with Gasteiger partial charge in [-0.15, -0.1) is 0 Å². The summed E-state index contributed by atoms with van der Waals surface area (Å²) in [6, 6.07) is 9.26. The van der Waals surface area contributed by atoms with E-state index in [1.807, 2.05) is 29.8 Å². The molecule has 1 amide bonds. The molecular formula is C19H20N4O3. The first kappa shape index (κ1) is 16.5. The standard InChI is InChI=1S/C19H20N4O3/c1-12-17(11-20-23(12)14-6-8-26-9-7-14)22-19(25)15-10-13-4-2-3-5-16(13)21-18(15)24/h2-5,10-11,14H,6-9H2,1H3,(H,21,24)(H,22,25). The predicted molar refractivity (Wildman–Crippen MR) is 98.6 cm³/mol. The minimum atomic E-state index is -0.438. The highest BCUT2D eigenvalue weighted by Crippen LogP contribution is 2.25. The molecule has 26 heavy (non-hydrogen) atoms. The van der Waals surface area contributed by atoms with Crippen LogP contribution in [0.3, 0.4) is 0 Å². The number of amides is 1. The topological polar surface area (TPSA) is 89.0 Å². The Morgan fingerprint density at radius 3 is 2.88 bits per heavy atom. The maximum atomic E-state index is 12.6. The fraction of sp³-hybridized carbons (Fsp3) is 0.316. The summed E-state index contributed by atoms with van der Waals surface area (Å²) in [5.41, 5.74) is 1.88. The van der Waals surface area contributed by atoms with Gasteiger partial charge in [-0.25, -0.2) is 0 Å². The van der Waals surface area contributed by atoms with Crippen molar-refractivity contribution in [3.05, 3.63) is 58.1 Å². The summed E-state index contributed by atoms with van der Waals surface area (Å²) in [6.07, 6.45) is 3.44. The molecule has 2 N–H and O–H groups in total. The molecular weight excluding hydrogens is 332 g/mol. The number of nitrogens with zero attached hydrogens (tertiary/aromatic N) is 2. The van der Waals surface area contributed by atoms with E-state index in [1.165, 1.54) is 0 Å². The number of ether oxygens (including phenoxy) is 1. The lowest BCUT2D eigenvalue weighted by Crippen LogP contribution is -2.24. The Morgan fingerprint density at radius 2 is 2.08 bits per heavy atom. The third kappa shape index (κ3) is 3.01. The van der Waals surface area contributed by atoms with Gasteiger partial charge in [0.1, 0.15) is 5.56 Å². The average Bonchev–Trinajstić information content (AvgIpc) is 3.02. The van der Waals surface area contributed by atoms with Crippen LogP contribution in [0.1, 0.15) is 34.9 Å². The van der Waals surface area contributed by atoms with Gasteiger partial charge in [0.05, 0.1) is 23.6 Å². The lowest BCUT2D eigenvalue weighted by molar-refractivity contribution is 0.0657. The molecule has 0 spiro atoms. The fourth-order valence-corrected chi connectivity index (χ4v) is 3.35. The van der Waals surface area contributed by atoms with Crippen LogP contribution in [0.15, 0.2) is 41.3 Å². The normalized spacial score (nSPS) is 15.3. The van der Waals surface area contributed by atoms with E-state index in [0.29, 0.717) is 11.2 Å². The fourth-order valence-electron chi connectivity index (χ4n) is 3.35. The molecule has 1 aliphatic rings. The van der Waals surface area contributed by atoms with Crippen LogP contribution in [0.4, 0.5) is 5.69 Å². The highest BCUT2D eigenvalue weighted by Gasteiger charge is 2.21. The molecule has 0 bridgehead atoms. The molecule has 1 aromatic carbocycles. The third-order valence-electron chi connectivity index (χ3n) is 4.83. The number of hydrogen-bond acceptors (Lipinski definition) is 4. The van der Waals surface area contributed by atoms with Gasteiger partial charge in [0.2, 0.25) is 0 Å². The van der Waals surface area contributed by atoms with Crippen molar-refractivity contribution >= 4 is 22.5 Å². The molecule has 7 nitrogen and oxygen atoms in total. The summed E-state index contributed by atoms with van der Waals surface area (Å²) < 4.78 is 7.32. The number of para-hydroxylation sites is 1. The molecule has 0 aliphatic carbocycles. The van der Waals surface area contributed by atoms with Crippen LogP contribution in [-0.4, -0.2) is 33.9 Å². The molecule has 2 aromatic heterocycles. The van der Waals surface area contributed by atoms with Crippen molar-refractivity contribution in [1.29, 1.82) is 0 Å². The van der Waals surface area contributed by atoms with Crippen LogP contribution in [0, 0.1) is 6.92 Å². The largest absolute Gasteiger partial charge is 0.381 e. The molecule has 134 valence electrons. The number of carbonyl (C=O) groups is 1. The van der Waals surface area contributed by atoms with Gasteiger partial charge >= 0.3 is 0 Å². The summed E-state index contributed by atoms with van der Waals surface area (Å²) in [5, 5.41) is 8.05. The van der Waals surface area contributed by atoms with E-state index in [2.05, 4.69) is 15.4 Å². The molecule has 0 saturated carbocycles.